The molecule has 3 aromatic rings. The van der Waals surface area contributed by atoms with Gasteiger partial charge in [-0.15, -0.1) is 11.3 Å². The van der Waals surface area contributed by atoms with E-state index < -0.39 is 5.97 Å². The number of fused-ring (bicyclic) bond motifs is 1. The summed E-state index contributed by atoms with van der Waals surface area (Å²) in [6, 6.07) is 13.4. The smallest absolute Gasteiger partial charge is 0.353 e. The summed E-state index contributed by atoms with van der Waals surface area (Å²) in [5.74, 6) is 1.28. The monoisotopic (exact) mass is 408 g/mol. The number of methoxy groups -OCH3 is 2. The maximum atomic E-state index is 12.7. The zero-order valence-corrected chi connectivity index (χ0v) is 16.4. The molecule has 1 aliphatic rings. The Bertz CT molecular complexity index is 1110. The molecule has 0 N–H and O–H groups in total. The number of hydrogen-bond acceptors (Lipinski definition) is 7. The lowest BCUT2D eigenvalue weighted by molar-refractivity contribution is 0.0739. The third-order valence-corrected chi connectivity index (χ3v) is 5.15. The number of benzene rings is 2. The highest BCUT2D eigenvalue weighted by Gasteiger charge is 2.28. The van der Waals surface area contributed by atoms with Gasteiger partial charge in [-0.2, -0.15) is 0 Å². The van der Waals surface area contributed by atoms with Crippen LogP contribution in [0.3, 0.4) is 0 Å². The van der Waals surface area contributed by atoms with Crippen molar-refractivity contribution in [2.45, 2.75) is 0 Å². The molecule has 0 bridgehead atoms. The molecule has 0 aliphatic carbocycles. The third kappa shape index (κ3) is 3.72. The number of hydrogen-bond donors (Lipinski definition) is 0. The SMILES string of the molecule is COc1ccc(/C=C2\Oc3cc(OC(=O)c4cccs4)ccc3C2=O)c(OC)c1. The van der Waals surface area contributed by atoms with E-state index in [4.69, 9.17) is 18.9 Å². The number of ether oxygens (including phenoxy) is 4. The van der Waals surface area contributed by atoms with Crippen LogP contribution in [-0.4, -0.2) is 26.0 Å². The molecule has 4 rings (SSSR count). The van der Waals surface area contributed by atoms with Gasteiger partial charge < -0.3 is 18.9 Å². The second-order valence-electron chi connectivity index (χ2n) is 6.07. The summed E-state index contributed by atoms with van der Waals surface area (Å²) in [7, 11) is 3.10. The number of carbonyl (C=O) groups excluding carboxylic acids is 2. The molecule has 6 nitrogen and oxygen atoms in total. The molecule has 0 saturated heterocycles. The Kier molecular flexibility index (Phi) is 5.05. The van der Waals surface area contributed by atoms with Crippen LogP contribution in [0.5, 0.6) is 23.0 Å². The molecule has 0 atom stereocenters. The van der Waals surface area contributed by atoms with E-state index in [1.165, 1.54) is 24.5 Å². The molecule has 0 radical (unpaired) electrons. The number of rotatable bonds is 5. The van der Waals surface area contributed by atoms with Gasteiger partial charge in [0.1, 0.15) is 27.9 Å². The van der Waals surface area contributed by atoms with E-state index in [1.807, 2.05) is 0 Å². The Balaban J connectivity index is 1.58. The van der Waals surface area contributed by atoms with Gasteiger partial charge >= 0.3 is 5.97 Å². The van der Waals surface area contributed by atoms with Crippen molar-refractivity contribution in [3.05, 3.63) is 75.7 Å². The van der Waals surface area contributed by atoms with Gasteiger partial charge in [0, 0.05) is 17.7 Å². The molecule has 1 aliphatic heterocycles. The van der Waals surface area contributed by atoms with Crippen molar-refractivity contribution in [2.24, 2.45) is 0 Å². The molecule has 0 saturated carbocycles. The van der Waals surface area contributed by atoms with Gasteiger partial charge in [0.25, 0.3) is 0 Å². The van der Waals surface area contributed by atoms with Crippen molar-refractivity contribution in [3.63, 3.8) is 0 Å². The normalized spacial score (nSPS) is 13.7. The van der Waals surface area contributed by atoms with Gasteiger partial charge in [-0.1, -0.05) is 6.07 Å². The molecule has 2 heterocycles. The van der Waals surface area contributed by atoms with Gasteiger partial charge in [0.2, 0.25) is 5.78 Å². The number of thiophene rings is 1. The Morgan fingerprint density at radius 1 is 1.03 bits per heavy atom. The number of esters is 1. The van der Waals surface area contributed by atoms with Gasteiger partial charge in [-0.25, -0.2) is 4.79 Å². The fourth-order valence-corrected chi connectivity index (χ4v) is 3.46. The number of ketones is 1. The molecule has 146 valence electrons. The lowest BCUT2D eigenvalue weighted by Gasteiger charge is -2.08. The van der Waals surface area contributed by atoms with E-state index in [0.717, 1.165) is 0 Å². The topological polar surface area (TPSA) is 71.1 Å². The Morgan fingerprint density at radius 3 is 2.59 bits per heavy atom. The Hall–Kier alpha value is -3.58. The predicted octanol–water partition coefficient (Wildman–Crippen LogP) is 4.60. The molecule has 2 aromatic carbocycles. The van der Waals surface area contributed by atoms with Crippen molar-refractivity contribution in [1.29, 1.82) is 0 Å². The van der Waals surface area contributed by atoms with Gasteiger partial charge in [0.05, 0.1) is 19.8 Å². The van der Waals surface area contributed by atoms with E-state index in [9.17, 15) is 9.59 Å². The average Bonchev–Trinajstić information content (AvgIpc) is 3.37. The minimum absolute atomic E-state index is 0.158. The Morgan fingerprint density at radius 2 is 1.86 bits per heavy atom. The molecule has 0 fully saturated rings. The van der Waals surface area contributed by atoms with Crippen molar-refractivity contribution in [1.82, 2.24) is 0 Å². The lowest BCUT2D eigenvalue weighted by Crippen LogP contribution is -2.06. The maximum Gasteiger partial charge on any atom is 0.353 e. The van der Waals surface area contributed by atoms with Crippen LogP contribution in [0.2, 0.25) is 0 Å². The van der Waals surface area contributed by atoms with Gasteiger partial charge in [0.15, 0.2) is 5.76 Å². The maximum absolute atomic E-state index is 12.7. The largest absolute Gasteiger partial charge is 0.497 e. The first-order valence-electron chi connectivity index (χ1n) is 8.65. The first-order valence-corrected chi connectivity index (χ1v) is 9.53. The van der Waals surface area contributed by atoms with Crippen LogP contribution in [0.4, 0.5) is 0 Å². The number of allylic oxidation sites excluding steroid dienone is 1. The molecular formula is C22H16O6S. The van der Waals surface area contributed by atoms with Gasteiger partial charge in [-0.3, -0.25) is 4.79 Å². The molecule has 1 aromatic heterocycles. The summed E-state index contributed by atoms with van der Waals surface area (Å²) in [6.07, 6.45) is 1.61. The molecular weight excluding hydrogens is 392 g/mol. The highest BCUT2D eigenvalue weighted by molar-refractivity contribution is 7.12. The fourth-order valence-electron chi connectivity index (χ4n) is 2.86. The van der Waals surface area contributed by atoms with Crippen LogP contribution in [0.1, 0.15) is 25.6 Å². The zero-order chi connectivity index (χ0) is 20.4. The average molecular weight is 408 g/mol. The molecule has 0 spiro atoms. The summed E-state index contributed by atoms with van der Waals surface area (Å²) < 4.78 is 21.6. The zero-order valence-electron chi connectivity index (χ0n) is 15.6. The van der Waals surface area contributed by atoms with Crippen LogP contribution >= 0.6 is 11.3 Å². The summed E-state index contributed by atoms with van der Waals surface area (Å²) in [6.45, 7) is 0. The van der Waals surface area contributed by atoms with E-state index in [1.54, 1.807) is 61.0 Å². The van der Waals surface area contributed by atoms with Crippen molar-refractivity contribution in [2.75, 3.05) is 14.2 Å². The summed E-state index contributed by atoms with van der Waals surface area (Å²) >= 11 is 1.29. The van der Waals surface area contributed by atoms with Crippen LogP contribution in [0.25, 0.3) is 6.08 Å². The summed E-state index contributed by atoms with van der Waals surface area (Å²) in [5, 5.41) is 1.80. The predicted molar refractivity (Wildman–Crippen MR) is 108 cm³/mol. The minimum atomic E-state index is -0.456. The van der Waals surface area contributed by atoms with Crippen molar-refractivity contribution < 1.29 is 28.5 Å². The highest BCUT2D eigenvalue weighted by Crippen LogP contribution is 2.36. The van der Waals surface area contributed by atoms with Crippen LogP contribution in [-0.2, 0) is 0 Å². The van der Waals surface area contributed by atoms with Crippen LogP contribution in [0, 0.1) is 0 Å². The molecule has 29 heavy (non-hydrogen) atoms. The third-order valence-electron chi connectivity index (χ3n) is 4.30. The van der Waals surface area contributed by atoms with E-state index in [2.05, 4.69) is 0 Å². The minimum Gasteiger partial charge on any atom is -0.497 e. The van der Waals surface area contributed by atoms with Crippen molar-refractivity contribution in [3.8, 4) is 23.0 Å². The molecule has 7 heteroatoms. The second-order valence-corrected chi connectivity index (χ2v) is 7.02. The standard InChI is InChI=1S/C22H16O6S/c1-25-14-6-5-13(17(11-14)26-2)10-19-21(23)16-8-7-15(12-18(16)28-19)27-22(24)20-4-3-9-29-20/h3-12H,1-2H3/b19-10-. The Labute approximate surface area is 170 Å². The van der Waals surface area contributed by atoms with E-state index in [0.29, 0.717) is 39.0 Å². The van der Waals surface area contributed by atoms with E-state index in [-0.39, 0.29) is 11.5 Å². The first-order chi connectivity index (χ1) is 14.1. The second kappa shape index (κ2) is 7.81. The van der Waals surface area contributed by atoms with Gasteiger partial charge in [-0.05, 0) is 41.8 Å². The quantitative estimate of drug-likeness (QED) is 0.349. The fraction of sp³-hybridized carbons (Fsp3) is 0.0909. The lowest BCUT2D eigenvalue weighted by atomic mass is 10.1. The summed E-state index contributed by atoms with van der Waals surface area (Å²) in [4.78, 5) is 25.3. The number of Topliss-reactive ketones (excluding diaryl/α,β-unsaturated/α-hetero) is 1. The highest BCUT2D eigenvalue weighted by atomic mass is 32.1. The molecule has 0 unspecified atom stereocenters. The summed E-state index contributed by atoms with van der Waals surface area (Å²) in [5.41, 5.74) is 1.08. The first kappa shape index (κ1) is 18.8. The van der Waals surface area contributed by atoms with Crippen molar-refractivity contribution >= 4 is 29.2 Å². The van der Waals surface area contributed by atoms with Crippen LogP contribution in [0.15, 0.2) is 59.7 Å². The van der Waals surface area contributed by atoms with E-state index >= 15 is 0 Å². The number of carbonyl (C=O) groups is 2. The van der Waals surface area contributed by atoms with Crippen LogP contribution < -0.4 is 18.9 Å². The molecule has 0 amide bonds.